The molecule has 0 aliphatic rings. The Labute approximate surface area is 94.3 Å². The van der Waals surface area contributed by atoms with E-state index in [1.54, 1.807) is 6.07 Å². The number of aliphatic hydroxyl groups is 1. The van der Waals surface area contributed by atoms with Crippen molar-refractivity contribution in [3.63, 3.8) is 0 Å². The van der Waals surface area contributed by atoms with Crippen molar-refractivity contribution in [2.24, 2.45) is 5.92 Å². The zero-order valence-corrected chi connectivity index (χ0v) is 9.34. The largest absolute Gasteiger partial charge is 0.396 e. The standard InChI is InChI=1S/C12H17F2NO/c1-9(4-5-16)7-15-8-10-2-3-11(13)12(14)6-10/h2-3,6,9,15-16H,4-5,7-8H2,1H3. The smallest absolute Gasteiger partial charge is 0.159 e. The molecule has 16 heavy (non-hydrogen) atoms. The van der Waals surface area contributed by atoms with Crippen LogP contribution in [0.25, 0.3) is 0 Å². The van der Waals surface area contributed by atoms with E-state index < -0.39 is 11.6 Å². The van der Waals surface area contributed by atoms with Gasteiger partial charge >= 0.3 is 0 Å². The minimum absolute atomic E-state index is 0.175. The van der Waals surface area contributed by atoms with E-state index in [1.165, 1.54) is 6.07 Å². The lowest BCUT2D eigenvalue weighted by Crippen LogP contribution is -2.21. The summed E-state index contributed by atoms with van der Waals surface area (Å²) in [5, 5.41) is 11.8. The quantitative estimate of drug-likeness (QED) is 0.782. The van der Waals surface area contributed by atoms with Crippen LogP contribution in [0.1, 0.15) is 18.9 Å². The van der Waals surface area contributed by atoms with Gasteiger partial charge in [-0.25, -0.2) is 8.78 Å². The Bertz CT molecular complexity index is 331. The molecule has 0 spiro atoms. The van der Waals surface area contributed by atoms with Crippen LogP contribution in [0.4, 0.5) is 8.78 Å². The Hall–Kier alpha value is -1.00. The zero-order valence-electron chi connectivity index (χ0n) is 9.34. The van der Waals surface area contributed by atoms with Gasteiger partial charge in [0, 0.05) is 13.2 Å². The maximum Gasteiger partial charge on any atom is 0.159 e. The highest BCUT2D eigenvalue weighted by atomic mass is 19.2. The van der Waals surface area contributed by atoms with E-state index >= 15 is 0 Å². The van der Waals surface area contributed by atoms with Gasteiger partial charge in [0.15, 0.2) is 11.6 Å². The molecule has 0 aromatic heterocycles. The average Bonchev–Trinajstić information content (AvgIpc) is 2.24. The molecule has 1 aromatic rings. The number of nitrogens with one attached hydrogen (secondary N) is 1. The molecule has 0 amide bonds. The normalized spacial score (nSPS) is 12.8. The number of rotatable bonds is 6. The Morgan fingerprint density at radius 1 is 1.31 bits per heavy atom. The van der Waals surface area contributed by atoms with Gasteiger partial charge in [0.05, 0.1) is 0 Å². The van der Waals surface area contributed by atoms with Gasteiger partial charge in [0.25, 0.3) is 0 Å². The summed E-state index contributed by atoms with van der Waals surface area (Å²) in [5.74, 6) is -1.27. The zero-order chi connectivity index (χ0) is 12.0. The first-order valence-electron chi connectivity index (χ1n) is 5.39. The van der Waals surface area contributed by atoms with E-state index in [-0.39, 0.29) is 6.61 Å². The summed E-state index contributed by atoms with van der Waals surface area (Å²) < 4.78 is 25.5. The predicted molar refractivity (Wildman–Crippen MR) is 58.9 cm³/mol. The van der Waals surface area contributed by atoms with Gasteiger partial charge in [-0.2, -0.15) is 0 Å². The molecule has 90 valence electrons. The van der Waals surface area contributed by atoms with E-state index in [0.29, 0.717) is 12.5 Å². The summed E-state index contributed by atoms with van der Waals surface area (Å²) in [5.41, 5.74) is 0.718. The minimum atomic E-state index is -0.822. The number of benzene rings is 1. The van der Waals surface area contributed by atoms with Gasteiger partial charge in [-0.3, -0.25) is 0 Å². The Balaban J connectivity index is 2.34. The third-order valence-corrected chi connectivity index (χ3v) is 2.43. The molecule has 0 bridgehead atoms. The molecule has 0 saturated carbocycles. The second-order valence-electron chi connectivity index (χ2n) is 4.00. The van der Waals surface area contributed by atoms with Crippen LogP contribution in [-0.4, -0.2) is 18.3 Å². The van der Waals surface area contributed by atoms with Crippen molar-refractivity contribution in [2.45, 2.75) is 19.9 Å². The fraction of sp³-hybridized carbons (Fsp3) is 0.500. The summed E-state index contributed by atoms with van der Waals surface area (Å²) in [4.78, 5) is 0. The lowest BCUT2D eigenvalue weighted by molar-refractivity contribution is 0.260. The van der Waals surface area contributed by atoms with Crippen molar-refractivity contribution < 1.29 is 13.9 Å². The maximum atomic E-state index is 12.8. The predicted octanol–water partition coefficient (Wildman–Crippen LogP) is 2.07. The fourth-order valence-electron chi connectivity index (χ4n) is 1.43. The van der Waals surface area contributed by atoms with Crippen LogP contribution in [-0.2, 0) is 6.54 Å². The number of hydrogen-bond acceptors (Lipinski definition) is 2. The van der Waals surface area contributed by atoms with Crippen molar-refractivity contribution in [3.8, 4) is 0 Å². The van der Waals surface area contributed by atoms with Crippen molar-refractivity contribution in [3.05, 3.63) is 35.4 Å². The van der Waals surface area contributed by atoms with Gasteiger partial charge in [0.2, 0.25) is 0 Å². The monoisotopic (exact) mass is 229 g/mol. The number of hydrogen-bond donors (Lipinski definition) is 2. The van der Waals surface area contributed by atoms with Crippen molar-refractivity contribution >= 4 is 0 Å². The Morgan fingerprint density at radius 2 is 2.06 bits per heavy atom. The van der Waals surface area contributed by atoms with Gasteiger partial charge < -0.3 is 10.4 Å². The Kier molecular flexibility index (Phi) is 5.35. The van der Waals surface area contributed by atoms with Crippen LogP contribution in [0.3, 0.4) is 0 Å². The van der Waals surface area contributed by atoms with Crippen LogP contribution < -0.4 is 5.32 Å². The summed E-state index contributed by atoms with van der Waals surface area (Å²) in [6.45, 7) is 3.45. The summed E-state index contributed by atoms with van der Waals surface area (Å²) in [6, 6.07) is 3.88. The summed E-state index contributed by atoms with van der Waals surface area (Å²) in [7, 11) is 0. The molecule has 2 nitrogen and oxygen atoms in total. The molecular weight excluding hydrogens is 212 g/mol. The highest BCUT2D eigenvalue weighted by Crippen LogP contribution is 2.08. The maximum absolute atomic E-state index is 12.8. The molecule has 0 aliphatic heterocycles. The number of halogens is 2. The molecular formula is C12H17F2NO. The molecule has 1 atom stereocenters. The summed E-state index contributed by atoms with van der Waals surface area (Å²) >= 11 is 0. The highest BCUT2D eigenvalue weighted by molar-refractivity contribution is 5.17. The third kappa shape index (κ3) is 4.24. The summed E-state index contributed by atoms with van der Waals surface area (Å²) in [6.07, 6.45) is 0.741. The lowest BCUT2D eigenvalue weighted by atomic mass is 10.1. The van der Waals surface area contributed by atoms with E-state index in [9.17, 15) is 8.78 Å². The van der Waals surface area contributed by atoms with Crippen LogP contribution >= 0.6 is 0 Å². The van der Waals surface area contributed by atoms with Crippen LogP contribution in [0.5, 0.6) is 0 Å². The molecule has 1 rings (SSSR count). The number of aliphatic hydroxyl groups excluding tert-OH is 1. The second kappa shape index (κ2) is 6.55. The molecule has 1 aromatic carbocycles. The molecule has 1 unspecified atom stereocenters. The SMILES string of the molecule is CC(CCO)CNCc1ccc(F)c(F)c1. The van der Waals surface area contributed by atoms with Gasteiger partial charge in [0.1, 0.15) is 0 Å². The van der Waals surface area contributed by atoms with Crippen molar-refractivity contribution in [1.82, 2.24) is 5.32 Å². The molecule has 4 heteroatoms. The van der Waals surface area contributed by atoms with Gasteiger partial charge in [-0.15, -0.1) is 0 Å². The molecule has 0 aliphatic carbocycles. The molecule has 0 fully saturated rings. The van der Waals surface area contributed by atoms with Crippen LogP contribution in [0.15, 0.2) is 18.2 Å². The topological polar surface area (TPSA) is 32.3 Å². The molecule has 0 saturated heterocycles. The molecule has 2 N–H and O–H groups in total. The van der Waals surface area contributed by atoms with Crippen molar-refractivity contribution in [1.29, 1.82) is 0 Å². The average molecular weight is 229 g/mol. The van der Waals surface area contributed by atoms with Crippen LogP contribution in [0, 0.1) is 17.6 Å². The first-order chi connectivity index (χ1) is 7.63. The second-order valence-corrected chi connectivity index (χ2v) is 4.00. The Morgan fingerprint density at radius 3 is 2.69 bits per heavy atom. The minimum Gasteiger partial charge on any atom is -0.396 e. The third-order valence-electron chi connectivity index (χ3n) is 2.43. The van der Waals surface area contributed by atoms with Crippen LogP contribution in [0.2, 0.25) is 0 Å². The van der Waals surface area contributed by atoms with Crippen molar-refractivity contribution in [2.75, 3.05) is 13.2 Å². The van der Waals surface area contributed by atoms with E-state index in [1.807, 2.05) is 6.92 Å². The van der Waals surface area contributed by atoms with Gasteiger partial charge in [-0.1, -0.05) is 13.0 Å². The first kappa shape index (κ1) is 13.1. The molecule has 0 radical (unpaired) electrons. The first-order valence-corrected chi connectivity index (χ1v) is 5.39. The van der Waals surface area contributed by atoms with E-state index in [0.717, 1.165) is 24.6 Å². The van der Waals surface area contributed by atoms with E-state index in [2.05, 4.69) is 5.32 Å². The molecule has 0 heterocycles. The van der Waals surface area contributed by atoms with E-state index in [4.69, 9.17) is 5.11 Å². The lowest BCUT2D eigenvalue weighted by Gasteiger charge is -2.11. The fourth-order valence-corrected chi connectivity index (χ4v) is 1.43. The van der Waals surface area contributed by atoms with Gasteiger partial charge in [-0.05, 0) is 36.6 Å². The highest BCUT2D eigenvalue weighted by Gasteiger charge is 2.03.